The Bertz CT molecular complexity index is 1520. The van der Waals surface area contributed by atoms with Gasteiger partial charge in [0.2, 0.25) is 0 Å². The fraction of sp³-hybridized carbons (Fsp3) is 0.276. The van der Waals surface area contributed by atoms with E-state index in [0.29, 0.717) is 6.42 Å². The van der Waals surface area contributed by atoms with E-state index in [2.05, 4.69) is 30.7 Å². The number of imidazole rings is 1. The molecule has 0 spiro atoms. The summed E-state index contributed by atoms with van der Waals surface area (Å²) in [5.41, 5.74) is 6.37. The molecule has 1 saturated heterocycles. The molecule has 1 fully saturated rings. The fourth-order valence-electron chi connectivity index (χ4n) is 5.35. The molecule has 0 unspecified atom stereocenters. The summed E-state index contributed by atoms with van der Waals surface area (Å²) in [6, 6.07) is 12.3. The lowest BCUT2D eigenvalue weighted by atomic mass is 9.96. The van der Waals surface area contributed by atoms with Gasteiger partial charge in [-0.2, -0.15) is 0 Å². The Labute approximate surface area is 222 Å². The average molecular weight is 536 g/mol. The van der Waals surface area contributed by atoms with Crippen molar-refractivity contribution in [3.63, 3.8) is 0 Å². The van der Waals surface area contributed by atoms with Crippen LogP contribution in [0.3, 0.4) is 0 Å². The molecule has 2 aliphatic rings. The second-order valence-electron chi connectivity index (χ2n) is 9.84. The van der Waals surface area contributed by atoms with Crippen LogP contribution in [0.2, 0.25) is 0 Å². The van der Waals surface area contributed by atoms with Crippen LogP contribution >= 0.6 is 0 Å². The van der Waals surface area contributed by atoms with Gasteiger partial charge in [0.05, 0.1) is 11.4 Å². The molecule has 6 nitrogen and oxygen atoms in total. The molecule has 1 aliphatic carbocycles. The third-order valence-electron chi connectivity index (χ3n) is 7.28. The summed E-state index contributed by atoms with van der Waals surface area (Å²) >= 11 is 0. The van der Waals surface area contributed by atoms with Gasteiger partial charge in [0, 0.05) is 42.2 Å². The number of rotatable bonds is 5. The zero-order valence-electron chi connectivity index (χ0n) is 21.1. The van der Waals surface area contributed by atoms with Crippen LogP contribution in [0.5, 0.6) is 5.75 Å². The van der Waals surface area contributed by atoms with Gasteiger partial charge in [-0.05, 0) is 73.4 Å². The van der Waals surface area contributed by atoms with Crippen LogP contribution in [0.25, 0.3) is 22.9 Å². The summed E-state index contributed by atoms with van der Waals surface area (Å²) in [5.74, 6) is 1.49. The van der Waals surface area contributed by atoms with Crippen molar-refractivity contribution in [1.82, 2.24) is 19.9 Å². The van der Waals surface area contributed by atoms with E-state index in [9.17, 15) is 17.6 Å². The number of aryl methyl sites for hydroxylation is 1. The van der Waals surface area contributed by atoms with Crippen molar-refractivity contribution in [1.29, 1.82) is 0 Å². The van der Waals surface area contributed by atoms with Gasteiger partial charge < -0.3 is 14.6 Å². The number of fused-ring (bicyclic) bond motifs is 1. The Kier molecular flexibility index (Phi) is 6.32. The Morgan fingerprint density at radius 3 is 2.33 bits per heavy atom. The molecule has 39 heavy (non-hydrogen) atoms. The van der Waals surface area contributed by atoms with E-state index in [1.54, 1.807) is 30.6 Å². The number of halogens is 4. The van der Waals surface area contributed by atoms with Crippen LogP contribution in [0.1, 0.15) is 47.1 Å². The second-order valence-corrected chi connectivity index (χ2v) is 9.84. The molecule has 0 saturated carbocycles. The number of alkyl halides is 3. The minimum Gasteiger partial charge on any atom is -0.406 e. The highest BCUT2D eigenvalue weighted by atomic mass is 19.4. The number of hydrogen-bond donors (Lipinski definition) is 1. The molecule has 3 heterocycles. The first kappa shape index (κ1) is 25.1. The van der Waals surface area contributed by atoms with Gasteiger partial charge in [0.1, 0.15) is 29.5 Å². The first-order chi connectivity index (χ1) is 18.7. The van der Waals surface area contributed by atoms with E-state index in [0.717, 1.165) is 76.9 Å². The van der Waals surface area contributed by atoms with E-state index in [1.165, 1.54) is 24.3 Å². The number of benzene rings is 2. The van der Waals surface area contributed by atoms with Gasteiger partial charge in [-0.25, -0.2) is 19.3 Å². The molecule has 0 amide bonds. The maximum atomic E-state index is 13.4. The molecule has 200 valence electrons. The van der Waals surface area contributed by atoms with Gasteiger partial charge in [-0.1, -0.05) is 12.1 Å². The molecule has 1 aliphatic heterocycles. The lowest BCUT2D eigenvalue weighted by Gasteiger charge is -2.32. The minimum atomic E-state index is -4.72. The largest absolute Gasteiger partial charge is 0.573 e. The monoisotopic (exact) mass is 535 g/mol. The number of hydrogen-bond acceptors (Lipinski definition) is 5. The highest BCUT2D eigenvalue weighted by molar-refractivity contribution is 5.91. The van der Waals surface area contributed by atoms with Crippen molar-refractivity contribution in [3.8, 4) is 17.0 Å². The van der Waals surface area contributed by atoms with Gasteiger partial charge in [0.15, 0.2) is 0 Å². The van der Waals surface area contributed by atoms with Crippen LogP contribution in [-0.2, 0) is 6.42 Å². The third-order valence-corrected chi connectivity index (χ3v) is 7.28. The minimum absolute atomic E-state index is 0.224. The zero-order chi connectivity index (χ0) is 27.1. The molecule has 2 aromatic heterocycles. The normalized spacial score (nSPS) is 15.8. The van der Waals surface area contributed by atoms with Crippen LogP contribution in [-0.4, -0.2) is 39.4 Å². The molecule has 0 atom stereocenters. The molecule has 0 radical (unpaired) electrons. The number of H-pyrrole nitrogens is 1. The second kappa shape index (κ2) is 9.83. The van der Waals surface area contributed by atoms with E-state index in [4.69, 9.17) is 4.98 Å². The number of allylic oxidation sites excluding steroid dienone is 1. The fourth-order valence-corrected chi connectivity index (χ4v) is 5.35. The molecule has 1 N–H and O–H groups in total. The number of aromatic nitrogens is 4. The van der Waals surface area contributed by atoms with Crippen molar-refractivity contribution in [2.75, 3.05) is 18.0 Å². The molecule has 4 aromatic rings. The number of piperidine rings is 1. The highest BCUT2D eigenvalue weighted by Gasteiger charge is 2.31. The van der Waals surface area contributed by atoms with E-state index >= 15 is 0 Å². The predicted molar refractivity (Wildman–Crippen MR) is 140 cm³/mol. The molecule has 0 bridgehead atoms. The molecule has 10 heteroatoms. The SMILES string of the molecule is Cc1[nH]c(C2CCN(c3ncnc4c3C=C(c3ccc(F)cc3)C4)CC2)nc1-c1ccc(OC(F)(F)F)cc1. The lowest BCUT2D eigenvalue weighted by molar-refractivity contribution is -0.274. The van der Waals surface area contributed by atoms with Crippen molar-refractivity contribution in [3.05, 3.63) is 89.0 Å². The Hall–Kier alpha value is -4.21. The number of nitrogens with one attached hydrogen (secondary N) is 1. The van der Waals surface area contributed by atoms with Gasteiger partial charge >= 0.3 is 6.36 Å². The standard InChI is InChI=1S/C29H25F4N5O/c1-17-26(19-4-8-23(9-5-19)39-29(31,32)33)37-27(36-17)20-10-12-38(13-11-20)28-24-14-21(15-25(24)34-16-35-28)18-2-6-22(30)7-3-18/h2-9,14,16,20H,10-13,15H2,1H3,(H,36,37). The van der Waals surface area contributed by atoms with Crippen molar-refractivity contribution in [2.45, 2.75) is 38.5 Å². The number of ether oxygens (including phenoxy) is 1. The maximum Gasteiger partial charge on any atom is 0.573 e. The Morgan fingerprint density at radius 2 is 1.64 bits per heavy atom. The van der Waals surface area contributed by atoms with E-state index < -0.39 is 6.36 Å². The van der Waals surface area contributed by atoms with Gasteiger partial charge in [0.25, 0.3) is 0 Å². The number of nitrogens with zero attached hydrogens (tertiary/aromatic N) is 4. The molecular formula is C29H25F4N5O. The maximum absolute atomic E-state index is 13.4. The Morgan fingerprint density at radius 1 is 0.949 bits per heavy atom. The summed E-state index contributed by atoms with van der Waals surface area (Å²) in [6.07, 6.45) is 1.42. The summed E-state index contributed by atoms with van der Waals surface area (Å²) in [7, 11) is 0. The van der Waals surface area contributed by atoms with Gasteiger partial charge in [-0.3, -0.25) is 0 Å². The summed E-state index contributed by atoms with van der Waals surface area (Å²) in [5, 5.41) is 0. The van der Waals surface area contributed by atoms with E-state index in [-0.39, 0.29) is 17.5 Å². The van der Waals surface area contributed by atoms with Crippen molar-refractivity contribution in [2.24, 2.45) is 0 Å². The highest BCUT2D eigenvalue weighted by Crippen LogP contribution is 2.37. The first-order valence-corrected chi connectivity index (χ1v) is 12.7. The predicted octanol–water partition coefficient (Wildman–Crippen LogP) is 6.69. The quantitative estimate of drug-likeness (QED) is 0.288. The summed E-state index contributed by atoms with van der Waals surface area (Å²) in [4.78, 5) is 19.6. The third kappa shape index (κ3) is 5.23. The summed E-state index contributed by atoms with van der Waals surface area (Å²) < 4.78 is 54.8. The molecule has 2 aromatic carbocycles. The lowest BCUT2D eigenvalue weighted by Crippen LogP contribution is -2.34. The topological polar surface area (TPSA) is 66.9 Å². The van der Waals surface area contributed by atoms with Crippen molar-refractivity contribution >= 4 is 17.5 Å². The van der Waals surface area contributed by atoms with Gasteiger partial charge in [-0.15, -0.1) is 13.2 Å². The van der Waals surface area contributed by atoms with Crippen molar-refractivity contribution < 1.29 is 22.3 Å². The van der Waals surface area contributed by atoms with Crippen LogP contribution in [0.4, 0.5) is 23.4 Å². The smallest absolute Gasteiger partial charge is 0.406 e. The molecular weight excluding hydrogens is 510 g/mol. The average Bonchev–Trinajstić information content (AvgIpc) is 3.53. The number of anilines is 1. The van der Waals surface area contributed by atoms with Crippen LogP contribution in [0, 0.1) is 12.7 Å². The Balaban J connectivity index is 1.15. The van der Waals surface area contributed by atoms with Crippen LogP contribution < -0.4 is 9.64 Å². The first-order valence-electron chi connectivity index (χ1n) is 12.7. The molecule has 6 rings (SSSR count). The van der Waals surface area contributed by atoms with E-state index in [1.807, 2.05) is 6.92 Å². The number of aromatic amines is 1. The van der Waals surface area contributed by atoms with Crippen LogP contribution in [0.15, 0.2) is 54.9 Å². The zero-order valence-corrected chi connectivity index (χ0v) is 21.1. The summed E-state index contributed by atoms with van der Waals surface area (Å²) in [6.45, 7) is 3.51.